The first-order chi connectivity index (χ1) is 9.42. The molecule has 0 spiro atoms. The van der Waals surface area contributed by atoms with Crippen LogP contribution in [-0.2, 0) is 25.5 Å². The molecule has 20 heavy (non-hydrogen) atoms. The highest BCUT2D eigenvalue weighted by molar-refractivity contribution is 5.94. The molecule has 1 aromatic carbocycles. The Bertz CT molecular complexity index is 526. The van der Waals surface area contributed by atoms with E-state index >= 15 is 0 Å². The summed E-state index contributed by atoms with van der Waals surface area (Å²) in [7, 11) is 1.22. The number of carbonyl (C=O) groups excluding carboxylic acids is 2. The van der Waals surface area contributed by atoms with Gasteiger partial charge in [-0.05, 0) is 17.7 Å². The zero-order valence-electron chi connectivity index (χ0n) is 10.9. The lowest BCUT2D eigenvalue weighted by Crippen LogP contribution is -2.14. The molecule has 0 bridgehead atoms. The van der Waals surface area contributed by atoms with E-state index in [-0.39, 0.29) is 30.7 Å². The van der Waals surface area contributed by atoms with Crippen molar-refractivity contribution in [1.29, 1.82) is 0 Å². The number of phenolic OH excluding ortho intramolecular Hbond substituents is 1. The first kappa shape index (κ1) is 15.5. The first-order valence-electron chi connectivity index (χ1n) is 5.82. The Morgan fingerprint density at radius 3 is 2.55 bits per heavy atom. The number of amides is 1. The van der Waals surface area contributed by atoms with Crippen LogP contribution in [0.25, 0.3) is 0 Å². The normalized spacial score (nSPS) is 9.85. The number of aromatic hydroxyl groups is 1. The third-order valence-electron chi connectivity index (χ3n) is 2.47. The molecule has 0 aliphatic carbocycles. The van der Waals surface area contributed by atoms with Gasteiger partial charge in [0, 0.05) is 6.42 Å². The van der Waals surface area contributed by atoms with Gasteiger partial charge in [-0.1, -0.05) is 6.07 Å². The smallest absolute Gasteiger partial charge is 0.307 e. The highest BCUT2D eigenvalue weighted by Gasteiger charge is 2.11. The number of phenols is 1. The molecule has 1 rings (SSSR count). The topological polar surface area (TPSA) is 113 Å². The molecular weight excluding hydrogens is 266 g/mol. The number of carbonyl (C=O) groups is 3. The molecule has 7 heteroatoms. The Morgan fingerprint density at radius 2 is 1.95 bits per heavy atom. The van der Waals surface area contributed by atoms with Crippen molar-refractivity contribution in [3.8, 4) is 5.75 Å². The fraction of sp³-hybridized carbons (Fsp3) is 0.308. The van der Waals surface area contributed by atoms with Gasteiger partial charge in [-0.2, -0.15) is 0 Å². The number of carboxylic acids is 1. The van der Waals surface area contributed by atoms with Gasteiger partial charge in [-0.3, -0.25) is 14.4 Å². The molecule has 0 unspecified atom stereocenters. The van der Waals surface area contributed by atoms with Crippen LogP contribution in [-0.4, -0.2) is 35.2 Å². The molecule has 0 radical (unpaired) electrons. The molecule has 0 aliphatic heterocycles. The Kier molecular flexibility index (Phi) is 5.52. The van der Waals surface area contributed by atoms with Crippen molar-refractivity contribution in [1.82, 2.24) is 0 Å². The van der Waals surface area contributed by atoms with Crippen molar-refractivity contribution < 1.29 is 29.3 Å². The van der Waals surface area contributed by atoms with Gasteiger partial charge in [0.25, 0.3) is 0 Å². The number of esters is 1. The summed E-state index contributed by atoms with van der Waals surface area (Å²) in [4.78, 5) is 33.1. The Labute approximate surface area is 115 Å². The van der Waals surface area contributed by atoms with Crippen molar-refractivity contribution in [2.24, 2.45) is 0 Å². The van der Waals surface area contributed by atoms with E-state index < -0.39 is 17.8 Å². The van der Waals surface area contributed by atoms with E-state index in [1.54, 1.807) is 0 Å². The molecule has 0 heterocycles. The summed E-state index contributed by atoms with van der Waals surface area (Å²) < 4.78 is 4.40. The molecule has 0 aromatic heterocycles. The maximum absolute atomic E-state index is 11.6. The lowest BCUT2D eigenvalue weighted by atomic mass is 10.1. The summed E-state index contributed by atoms with van der Waals surface area (Å²) in [5.41, 5.74) is 0.553. The van der Waals surface area contributed by atoms with E-state index in [1.807, 2.05) is 0 Å². The average molecular weight is 281 g/mol. The van der Waals surface area contributed by atoms with E-state index in [0.717, 1.165) is 0 Å². The lowest BCUT2D eigenvalue weighted by Gasteiger charge is -2.08. The van der Waals surface area contributed by atoms with Crippen molar-refractivity contribution in [2.45, 2.75) is 19.3 Å². The summed E-state index contributed by atoms with van der Waals surface area (Å²) >= 11 is 0. The fourth-order valence-electron chi connectivity index (χ4n) is 1.50. The minimum atomic E-state index is -1.02. The van der Waals surface area contributed by atoms with Crippen LogP contribution >= 0.6 is 0 Å². The molecule has 1 amide bonds. The van der Waals surface area contributed by atoms with Gasteiger partial charge in [0.1, 0.15) is 5.75 Å². The Balaban J connectivity index is 2.68. The van der Waals surface area contributed by atoms with Gasteiger partial charge >= 0.3 is 11.9 Å². The predicted octanol–water partition coefficient (Wildman–Crippen LogP) is 0.911. The number of anilines is 1. The number of hydrogen-bond donors (Lipinski definition) is 3. The zero-order chi connectivity index (χ0) is 15.1. The molecule has 0 saturated carbocycles. The van der Waals surface area contributed by atoms with Gasteiger partial charge in [-0.25, -0.2) is 0 Å². The van der Waals surface area contributed by atoms with Crippen LogP contribution in [0.5, 0.6) is 5.75 Å². The average Bonchev–Trinajstić information content (AvgIpc) is 2.39. The van der Waals surface area contributed by atoms with E-state index in [1.165, 1.54) is 25.3 Å². The van der Waals surface area contributed by atoms with Crippen molar-refractivity contribution in [2.75, 3.05) is 12.4 Å². The van der Waals surface area contributed by atoms with Crippen molar-refractivity contribution in [3.63, 3.8) is 0 Å². The van der Waals surface area contributed by atoms with Crippen LogP contribution < -0.4 is 5.32 Å². The monoisotopic (exact) mass is 281 g/mol. The summed E-state index contributed by atoms with van der Waals surface area (Å²) in [6, 6.07) is 4.13. The maximum atomic E-state index is 11.6. The minimum absolute atomic E-state index is 0.0715. The molecular formula is C13H15NO6. The number of hydrogen-bond acceptors (Lipinski definition) is 5. The standard InChI is InChI=1S/C13H15NO6/c1-20-13(19)5-4-11(16)14-9-6-8(7-12(17)18)2-3-10(9)15/h2-3,6,15H,4-5,7H2,1H3,(H,14,16)(H,17,18). The maximum Gasteiger partial charge on any atom is 0.307 e. The van der Waals surface area contributed by atoms with Gasteiger partial charge in [0.05, 0.1) is 25.6 Å². The number of nitrogens with one attached hydrogen (secondary N) is 1. The second-order valence-electron chi connectivity index (χ2n) is 4.05. The van der Waals surface area contributed by atoms with E-state index in [2.05, 4.69) is 10.1 Å². The van der Waals surface area contributed by atoms with Crippen LogP contribution in [0.3, 0.4) is 0 Å². The Hall–Kier alpha value is -2.57. The second kappa shape index (κ2) is 7.13. The summed E-state index contributed by atoms with van der Waals surface area (Å²) in [6.45, 7) is 0. The number of benzene rings is 1. The third-order valence-corrected chi connectivity index (χ3v) is 2.47. The first-order valence-corrected chi connectivity index (χ1v) is 5.82. The van der Waals surface area contributed by atoms with Gasteiger partial charge in [-0.15, -0.1) is 0 Å². The third kappa shape index (κ3) is 4.97. The SMILES string of the molecule is COC(=O)CCC(=O)Nc1cc(CC(=O)O)ccc1O. The fourth-order valence-corrected chi connectivity index (χ4v) is 1.50. The van der Waals surface area contributed by atoms with Crippen LogP contribution in [0.1, 0.15) is 18.4 Å². The highest BCUT2D eigenvalue weighted by atomic mass is 16.5. The van der Waals surface area contributed by atoms with Gasteiger partial charge < -0.3 is 20.3 Å². The quantitative estimate of drug-likeness (QED) is 0.527. The number of ether oxygens (including phenoxy) is 1. The predicted molar refractivity (Wildman–Crippen MR) is 69.3 cm³/mol. The van der Waals surface area contributed by atoms with E-state index in [4.69, 9.17) is 5.11 Å². The van der Waals surface area contributed by atoms with E-state index in [0.29, 0.717) is 5.56 Å². The molecule has 0 saturated heterocycles. The second-order valence-corrected chi connectivity index (χ2v) is 4.05. The molecule has 0 atom stereocenters. The van der Waals surface area contributed by atoms with Crippen LogP contribution in [0.2, 0.25) is 0 Å². The van der Waals surface area contributed by atoms with Crippen LogP contribution in [0.4, 0.5) is 5.69 Å². The largest absolute Gasteiger partial charge is 0.506 e. The summed E-state index contributed by atoms with van der Waals surface area (Å²) in [6.07, 6.45) is -0.376. The molecule has 1 aromatic rings. The van der Waals surface area contributed by atoms with Crippen LogP contribution in [0.15, 0.2) is 18.2 Å². The molecule has 7 nitrogen and oxygen atoms in total. The number of carboxylic acid groups (broad SMARTS) is 1. The van der Waals surface area contributed by atoms with Gasteiger partial charge in [0.2, 0.25) is 5.91 Å². The summed E-state index contributed by atoms with van der Waals surface area (Å²) in [5.74, 6) is -2.17. The van der Waals surface area contributed by atoms with Gasteiger partial charge in [0.15, 0.2) is 0 Å². The number of rotatable bonds is 6. The zero-order valence-corrected chi connectivity index (χ0v) is 10.9. The summed E-state index contributed by atoms with van der Waals surface area (Å²) in [5, 5.41) is 20.7. The van der Waals surface area contributed by atoms with Crippen LogP contribution in [0, 0.1) is 0 Å². The molecule has 3 N–H and O–H groups in total. The number of aliphatic carboxylic acids is 1. The molecule has 108 valence electrons. The Morgan fingerprint density at radius 1 is 1.25 bits per heavy atom. The van der Waals surface area contributed by atoms with Crippen molar-refractivity contribution in [3.05, 3.63) is 23.8 Å². The molecule has 0 fully saturated rings. The van der Waals surface area contributed by atoms with Crippen molar-refractivity contribution >= 4 is 23.5 Å². The van der Waals surface area contributed by atoms with E-state index in [9.17, 15) is 19.5 Å². The highest BCUT2D eigenvalue weighted by Crippen LogP contribution is 2.24. The molecule has 0 aliphatic rings. The minimum Gasteiger partial charge on any atom is -0.506 e. The lowest BCUT2D eigenvalue weighted by molar-refractivity contribution is -0.141. The number of methoxy groups -OCH3 is 1.